The van der Waals surface area contributed by atoms with Crippen molar-refractivity contribution in [1.82, 2.24) is 19.4 Å². The number of aromatic nitrogens is 2. The second-order valence-electron chi connectivity index (χ2n) is 15.3. The summed E-state index contributed by atoms with van der Waals surface area (Å²) in [6.45, 7) is 11.8. The van der Waals surface area contributed by atoms with Gasteiger partial charge in [-0.3, -0.25) is 9.69 Å². The molecule has 2 saturated carbocycles. The summed E-state index contributed by atoms with van der Waals surface area (Å²) in [4.78, 5) is 22.0. The van der Waals surface area contributed by atoms with Gasteiger partial charge in [0.1, 0.15) is 5.82 Å². The van der Waals surface area contributed by atoms with Crippen LogP contribution in [0.3, 0.4) is 0 Å². The van der Waals surface area contributed by atoms with E-state index in [1.165, 1.54) is 82.0 Å². The Kier molecular flexibility index (Phi) is 10.4. The minimum Gasteiger partial charge on any atom is -0.481 e. The highest BCUT2D eigenvalue weighted by Crippen LogP contribution is 2.50. The number of rotatable bonds is 7. The van der Waals surface area contributed by atoms with E-state index in [1.54, 1.807) is 0 Å². The van der Waals surface area contributed by atoms with Gasteiger partial charge in [0.15, 0.2) is 0 Å². The lowest BCUT2D eigenvalue weighted by molar-refractivity contribution is -0.137. The van der Waals surface area contributed by atoms with Gasteiger partial charge in [-0.25, -0.2) is 4.98 Å². The quantitative estimate of drug-likeness (QED) is 0.345. The zero-order valence-electron chi connectivity index (χ0n) is 28.2. The number of hydrogen-bond donors (Lipinski definition) is 1. The molecule has 244 valence electrons. The molecule has 7 rings (SSSR count). The molecule has 3 aliphatic heterocycles. The van der Waals surface area contributed by atoms with Crippen molar-refractivity contribution in [2.45, 2.75) is 142 Å². The van der Waals surface area contributed by atoms with Crippen LogP contribution in [-0.2, 0) is 11.2 Å². The summed E-state index contributed by atoms with van der Waals surface area (Å²) in [6.07, 6.45) is 17.8. The molecule has 4 bridgehead atoms. The van der Waals surface area contributed by atoms with Crippen LogP contribution < -0.4 is 0 Å². The Labute approximate surface area is 267 Å². The largest absolute Gasteiger partial charge is 0.481 e. The lowest BCUT2D eigenvalue weighted by Gasteiger charge is -2.58. The lowest BCUT2D eigenvalue weighted by Crippen LogP contribution is -2.62. The molecule has 5 aliphatic rings. The predicted octanol–water partition coefficient (Wildman–Crippen LogP) is 8.20. The molecule has 5 unspecified atom stereocenters. The van der Waals surface area contributed by atoms with Crippen LogP contribution in [-0.4, -0.2) is 68.2 Å². The molecule has 3 saturated heterocycles. The fraction of sp³-hybridized carbons (Fsp3) is 0.789. The van der Waals surface area contributed by atoms with E-state index in [4.69, 9.17) is 4.98 Å². The first-order valence-corrected chi connectivity index (χ1v) is 18.6. The van der Waals surface area contributed by atoms with Crippen LogP contribution in [0, 0.1) is 29.6 Å². The maximum absolute atomic E-state index is 11.2. The van der Waals surface area contributed by atoms with Gasteiger partial charge in [-0.2, -0.15) is 0 Å². The number of carboxylic acid groups (broad SMARTS) is 1. The maximum Gasteiger partial charge on any atom is 0.304 e. The summed E-state index contributed by atoms with van der Waals surface area (Å²) >= 11 is 0. The summed E-state index contributed by atoms with van der Waals surface area (Å²) in [5, 5.41) is 9.22. The van der Waals surface area contributed by atoms with Crippen molar-refractivity contribution in [3.8, 4) is 0 Å². The molecule has 5 fully saturated rings. The molecular weight excluding hydrogens is 544 g/mol. The van der Waals surface area contributed by atoms with Crippen molar-refractivity contribution < 1.29 is 9.90 Å². The number of nitrogens with zero attached hydrogens (tertiary/aromatic N) is 4. The molecule has 0 radical (unpaired) electrons. The molecule has 0 spiro atoms. The van der Waals surface area contributed by atoms with Gasteiger partial charge < -0.3 is 14.6 Å². The van der Waals surface area contributed by atoms with Gasteiger partial charge in [-0.1, -0.05) is 65.5 Å². The number of aliphatic carboxylic acids is 1. The summed E-state index contributed by atoms with van der Waals surface area (Å²) < 4.78 is 2.70. The van der Waals surface area contributed by atoms with Crippen LogP contribution in [0.4, 0.5) is 0 Å². The summed E-state index contributed by atoms with van der Waals surface area (Å²) in [7, 11) is 0. The number of hydrogen-bond acceptors (Lipinski definition) is 4. The second-order valence-corrected chi connectivity index (χ2v) is 15.3. The van der Waals surface area contributed by atoms with Gasteiger partial charge in [-0.05, 0) is 99.6 Å². The van der Waals surface area contributed by atoms with Gasteiger partial charge in [0, 0.05) is 43.7 Å². The van der Waals surface area contributed by atoms with Crippen LogP contribution in [0.5, 0.6) is 0 Å². The highest BCUT2D eigenvalue weighted by molar-refractivity contribution is 5.76. The summed E-state index contributed by atoms with van der Waals surface area (Å²) in [5.41, 5.74) is 2.47. The zero-order valence-corrected chi connectivity index (χ0v) is 28.2. The molecule has 1 aromatic heterocycles. The SMILES string of the molecule is CC.CC1C[C@@H](C)C2CC(n3c(C[C@@H]4CCCN(CCC(=O)O)C4)nc4ccccc43)CC1N2C1C[C@H]2CCCC[C@@H](C1)C2. The normalized spacial score (nSPS) is 36.3. The number of carbonyl (C=O) groups is 1. The van der Waals surface area contributed by atoms with E-state index in [1.807, 2.05) is 13.8 Å². The molecule has 1 N–H and O–H groups in total. The van der Waals surface area contributed by atoms with E-state index in [0.29, 0.717) is 30.6 Å². The van der Waals surface area contributed by atoms with Gasteiger partial charge in [0.2, 0.25) is 0 Å². The minimum atomic E-state index is -0.689. The number of para-hydroxylation sites is 2. The van der Waals surface area contributed by atoms with Crippen molar-refractivity contribution in [2.24, 2.45) is 29.6 Å². The van der Waals surface area contributed by atoms with Gasteiger partial charge >= 0.3 is 5.97 Å². The lowest BCUT2D eigenvalue weighted by atomic mass is 9.68. The number of carboxylic acids is 1. The van der Waals surface area contributed by atoms with Crippen LogP contribution in [0.25, 0.3) is 11.0 Å². The highest BCUT2D eigenvalue weighted by Gasteiger charge is 2.49. The van der Waals surface area contributed by atoms with Crippen LogP contribution >= 0.6 is 0 Å². The number of fused-ring (bicyclic) bond motifs is 5. The molecule has 6 heteroatoms. The first kappa shape index (κ1) is 32.0. The topological polar surface area (TPSA) is 61.6 Å². The number of piperidine rings is 3. The van der Waals surface area contributed by atoms with Crippen LogP contribution in [0.1, 0.15) is 123 Å². The molecule has 0 amide bonds. The van der Waals surface area contributed by atoms with Crippen molar-refractivity contribution >= 4 is 17.0 Å². The average Bonchev–Trinajstić information content (AvgIpc) is 3.30. The third-order valence-corrected chi connectivity index (χ3v) is 12.4. The van der Waals surface area contributed by atoms with E-state index in [2.05, 4.69) is 52.5 Å². The maximum atomic E-state index is 11.2. The third-order valence-electron chi connectivity index (χ3n) is 12.4. The Morgan fingerprint density at radius 1 is 0.864 bits per heavy atom. The zero-order chi connectivity index (χ0) is 30.8. The Morgan fingerprint density at radius 2 is 1.55 bits per heavy atom. The Balaban J connectivity index is 0.00000168. The number of likely N-dealkylation sites (tertiary alicyclic amines) is 1. The smallest absolute Gasteiger partial charge is 0.304 e. The predicted molar refractivity (Wildman–Crippen MR) is 180 cm³/mol. The third kappa shape index (κ3) is 6.77. The van der Waals surface area contributed by atoms with Crippen molar-refractivity contribution in [3.63, 3.8) is 0 Å². The standard InChI is InChI=1S/C36H54N4O2.C2H6/c1-24-16-25(2)34-22-30(21-33(24)39(34)29-18-26-8-3-4-9-27(17-26)19-29)40-32-12-6-5-11-31(32)37-35(40)20-28-10-7-14-38(23-28)15-13-36(41)42;1-2/h5-6,11-12,24-30,33-34H,3-4,7-10,13-23H2,1-2H3,(H,41,42);1-2H3/t24-,25?,26-,27+,28+,29?,30?,33?,34?;/m1./s1. The molecule has 2 aliphatic carbocycles. The highest BCUT2D eigenvalue weighted by atomic mass is 16.4. The fourth-order valence-electron chi connectivity index (χ4n) is 10.6. The van der Waals surface area contributed by atoms with Crippen LogP contribution in [0.2, 0.25) is 0 Å². The van der Waals surface area contributed by atoms with Gasteiger partial charge in [-0.15, -0.1) is 0 Å². The fourth-order valence-corrected chi connectivity index (χ4v) is 10.6. The molecule has 2 aromatic rings. The van der Waals surface area contributed by atoms with Gasteiger partial charge in [0.25, 0.3) is 0 Å². The molecule has 1 aromatic carbocycles. The van der Waals surface area contributed by atoms with E-state index < -0.39 is 5.97 Å². The molecule has 9 atom stereocenters. The molecule has 6 nitrogen and oxygen atoms in total. The van der Waals surface area contributed by atoms with E-state index in [0.717, 1.165) is 61.2 Å². The van der Waals surface area contributed by atoms with E-state index in [-0.39, 0.29) is 6.42 Å². The minimum absolute atomic E-state index is 0.242. The monoisotopic (exact) mass is 604 g/mol. The average molecular weight is 605 g/mol. The number of imidazole rings is 1. The Morgan fingerprint density at radius 3 is 2.23 bits per heavy atom. The van der Waals surface area contributed by atoms with Crippen molar-refractivity contribution in [2.75, 3.05) is 19.6 Å². The van der Waals surface area contributed by atoms with Crippen molar-refractivity contribution in [3.05, 3.63) is 30.1 Å². The van der Waals surface area contributed by atoms with E-state index >= 15 is 0 Å². The Bertz CT molecular complexity index is 1210. The second kappa shape index (κ2) is 14.2. The van der Waals surface area contributed by atoms with Crippen LogP contribution in [0.15, 0.2) is 24.3 Å². The summed E-state index contributed by atoms with van der Waals surface area (Å²) in [5.74, 6) is 4.58. The van der Waals surface area contributed by atoms with Gasteiger partial charge in [0.05, 0.1) is 17.5 Å². The molecule has 4 heterocycles. The Hall–Kier alpha value is -1.92. The van der Waals surface area contributed by atoms with E-state index in [9.17, 15) is 9.90 Å². The first-order chi connectivity index (χ1) is 21.4. The van der Waals surface area contributed by atoms with Crippen molar-refractivity contribution in [1.29, 1.82) is 0 Å². The molecular formula is C38H60N4O2. The molecule has 44 heavy (non-hydrogen) atoms. The first-order valence-electron chi connectivity index (χ1n) is 18.6. The number of benzene rings is 1. The summed E-state index contributed by atoms with van der Waals surface area (Å²) in [6, 6.07) is 11.5.